The van der Waals surface area contributed by atoms with Gasteiger partial charge in [-0.25, -0.2) is 4.79 Å². The zero-order valence-electron chi connectivity index (χ0n) is 21.3. The molecule has 1 fully saturated rings. The number of unbranched alkanes of at least 4 members (excludes halogenated alkanes) is 1. The summed E-state index contributed by atoms with van der Waals surface area (Å²) in [5.74, 6) is -0.142. The molecule has 3 aromatic rings. The van der Waals surface area contributed by atoms with E-state index in [1.807, 2.05) is 54.6 Å². The Hall–Kier alpha value is -3.85. The van der Waals surface area contributed by atoms with Crippen molar-refractivity contribution < 1.29 is 27.5 Å². The van der Waals surface area contributed by atoms with E-state index in [0.29, 0.717) is 31.7 Å². The summed E-state index contributed by atoms with van der Waals surface area (Å²) in [6, 6.07) is 23.8. The first kappa shape index (κ1) is 26.7. The van der Waals surface area contributed by atoms with Gasteiger partial charge in [-0.2, -0.15) is 13.2 Å². The molecule has 204 valence electrons. The second-order valence-electron chi connectivity index (χ2n) is 10.1. The van der Waals surface area contributed by atoms with Crippen molar-refractivity contribution in [1.82, 2.24) is 15.5 Å². The molecule has 0 bridgehead atoms. The lowest BCUT2D eigenvalue weighted by molar-refractivity contribution is -0.141. The third-order valence-electron chi connectivity index (χ3n) is 7.41. The molecule has 2 amide bonds. The average molecular weight is 538 g/mol. The van der Waals surface area contributed by atoms with Crippen LogP contribution in [0.4, 0.5) is 18.0 Å². The zero-order chi connectivity index (χ0) is 27.5. The van der Waals surface area contributed by atoms with Gasteiger partial charge >= 0.3 is 12.3 Å². The Morgan fingerprint density at radius 1 is 0.872 bits per heavy atom. The zero-order valence-corrected chi connectivity index (χ0v) is 21.3. The lowest BCUT2D eigenvalue weighted by Gasteiger charge is -2.39. The molecule has 0 unspecified atom stereocenters. The third-order valence-corrected chi connectivity index (χ3v) is 7.41. The SMILES string of the molecule is O=C(NC1CN(CCCCC2(C(=O)NCC(F)(F)F)c3ccccc3-c3ccccc32)C1)Oc1ccccc1. The van der Waals surface area contributed by atoms with Crippen LogP contribution in [0.1, 0.15) is 30.4 Å². The highest BCUT2D eigenvalue weighted by molar-refractivity contribution is 6.00. The average Bonchev–Trinajstić information content (AvgIpc) is 3.19. The molecule has 1 aliphatic heterocycles. The summed E-state index contributed by atoms with van der Waals surface area (Å²) in [6.07, 6.45) is -3.18. The Bertz CT molecular complexity index is 1280. The number of nitrogens with zero attached hydrogens (tertiary/aromatic N) is 1. The van der Waals surface area contributed by atoms with Crippen LogP contribution >= 0.6 is 0 Å². The van der Waals surface area contributed by atoms with Gasteiger partial charge in [0.05, 0.1) is 6.04 Å². The minimum atomic E-state index is -4.50. The fourth-order valence-electron chi connectivity index (χ4n) is 5.65. The van der Waals surface area contributed by atoms with Gasteiger partial charge in [-0.15, -0.1) is 0 Å². The first-order valence-electron chi connectivity index (χ1n) is 13.1. The monoisotopic (exact) mass is 537 g/mol. The van der Waals surface area contributed by atoms with E-state index in [-0.39, 0.29) is 6.04 Å². The van der Waals surface area contributed by atoms with Gasteiger partial charge in [0.1, 0.15) is 17.7 Å². The van der Waals surface area contributed by atoms with E-state index >= 15 is 0 Å². The number of hydrogen-bond donors (Lipinski definition) is 2. The molecule has 0 aromatic heterocycles. The van der Waals surface area contributed by atoms with Crippen LogP contribution in [0.3, 0.4) is 0 Å². The number of rotatable bonds is 9. The van der Waals surface area contributed by atoms with Gasteiger partial charge in [0.15, 0.2) is 0 Å². The van der Waals surface area contributed by atoms with E-state index in [9.17, 15) is 22.8 Å². The van der Waals surface area contributed by atoms with Gasteiger partial charge in [-0.05, 0) is 53.8 Å². The predicted molar refractivity (Wildman–Crippen MR) is 141 cm³/mol. The normalized spacial score (nSPS) is 16.1. The molecule has 1 aliphatic carbocycles. The summed E-state index contributed by atoms with van der Waals surface area (Å²) in [5.41, 5.74) is 2.08. The largest absolute Gasteiger partial charge is 0.412 e. The number of carbonyl (C=O) groups excluding carboxylic acids is 2. The predicted octanol–water partition coefficient (Wildman–Crippen LogP) is 5.27. The number of benzene rings is 3. The van der Waals surface area contributed by atoms with Gasteiger partial charge in [-0.3, -0.25) is 9.69 Å². The highest BCUT2D eigenvalue weighted by Gasteiger charge is 2.49. The number of para-hydroxylation sites is 1. The van der Waals surface area contributed by atoms with Crippen LogP contribution in [0, 0.1) is 0 Å². The summed E-state index contributed by atoms with van der Waals surface area (Å²) in [6.45, 7) is 0.766. The minimum absolute atomic E-state index is 0.00529. The van der Waals surface area contributed by atoms with Gasteiger partial charge in [-0.1, -0.05) is 73.2 Å². The molecular formula is C30H30F3N3O3. The molecule has 0 saturated carbocycles. The van der Waals surface area contributed by atoms with Crippen LogP contribution in [0.2, 0.25) is 0 Å². The molecule has 9 heteroatoms. The number of carbonyl (C=O) groups is 2. The van der Waals surface area contributed by atoms with E-state index in [2.05, 4.69) is 15.5 Å². The Balaban J connectivity index is 1.19. The van der Waals surface area contributed by atoms with Crippen LogP contribution in [0.25, 0.3) is 11.1 Å². The van der Waals surface area contributed by atoms with E-state index in [1.54, 1.807) is 24.3 Å². The summed E-state index contributed by atoms with van der Waals surface area (Å²) in [4.78, 5) is 27.8. The van der Waals surface area contributed by atoms with Gasteiger partial charge in [0.25, 0.3) is 0 Å². The first-order valence-corrected chi connectivity index (χ1v) is 13.1. The third kappa shape index (κ3) is 5.78. The topological polar surface area (TPSA) is 70.7 Å². The lowest BCUT2D eigenvalue weighted by atomic mass is 9.73. The quantitative estimate of drug-likeness (QED) is 0.365. The highest BCUT2D eigenvalue weighted by Crippen LogP contribution is 2.51. The molecule has 5 rings (SSSR count). The molecule has 1 heterocycles. The number of fused-ring (bicyclic) bond motifs is 3. The molecule has 0 spiro atoms. The van der Waals surface area contributed by atoms with Crippen LogP contribution in [-0.2, 0) is 10.2 Å². The molecular weight excluding hydrogens is 507 g/mol. The Kier molecular flexibility index (Phi) is 7.61. The first-order chi connectivity index (χ1) is 18.8. The molecule has 0 atom stereocenters. The van der Waals surface area contributed by atoms with Crippen molar-refractivity contribution in [3.05, 3.63) is 90.0 Å². The van der Waals surface area contributed by atoms with E-state index in [4.69, 9.17) is 4.74 Å². The van der Waals surface area contributed by atoms with Crippen molar-refractivity contribution in [2.24, 2.45) is 0 Å². The van der Waals surface area contributed by atoms with Crippen molar-refractivity contribution in [3.8, 4) is 16.9 Å². The van der Waals surface area contributed by atoms with Gasteiger partial charge in [0.2, 0.25) is 5.91 Å². The standard InChI is InChI=1S/C30H30F3N3O3/c31-30(32,33)20-34-27(37)29(25-14-6-4-12-23(25)24-13-5-7-15-26(24)29)16-8-9-17-36-18-21(19-36)35-28(38)39-22-10-2-1-3-11-22/h1-7,10-15,21H,8-9,16-20H2,(H,34,37)(H,35,38). The number of halogens is 3. The second-order valence-corrected chi connectivity index (χ2v) is 10.1. The van der Waals surface area contributed by atoms with Crippen molar-refractivity contribution in [3.63, 3.8) is 0 Å². The molecule has 3 aromatic carbocycles. The van der Waals surface area contributed by atoms with Crippen LogP contribution < -0.4 is 15.4 Å². The smallest absolute Gasteiger partial charge is 0.410 e. The summed E-state index contributed by atoms with van der Waals surface area (Å²) >= 11 is 0. The maximum atomic E-state index is 13.5. The fourth-order valence-corrected chi connectivity index (χ4v) is 5.65. The number of alkyl halides is 3. The van der Waals surface area contributed by atoms with Gasteiger partial charge < -0.3 is 15.4 Å². The summed E-state index contributed by atoms with van der Waals surface area (Å²) in [7, 11) is 0. The molecule has 6 nitrogen and oxygen atoms in total. The summed E-state index contributed by atoms with van der Waals surface area (Å²) in [5, 5.41) is 5.03. The molecule has 0 radical (unpaired) electrons. The van der Waals surface area contributed by atoms with E-state index < -0.39 is 30.1 Å². The van der Waals surface area contributed by atoms with Crippen molar-refractivity contribution in [1.29, 1.82) is 0 Å². The molecule has 2 aliphatic rings. The van der Waals surface area contributed by atoms with E-state index in [1.165, 1.54) is 0 Å². The Morgan fingerprint density at radius 2 is 1.46 bits per heavy atom. The van der Waals surface area contributed by atoms with Crippen LogP contribution in [-0.4, -0.2) is 55.3 Å². The second kappa shape index (κ2) is 11.1. The van der Waals surface area contributed by atoms with Crippen molar-refractivity contribution in [2.75, 3.05) is 26.2 Å². The van der Waals surface area contributed by atoms with Crippen molar-refractivity contribution >= 4 is 12.0 Å². The minimum Gasteiger partial charge on any atom is -0.410 e. The number of amides is 2. The molecule has 1 saturated heterocycles. The maximum Gasteiger partial charge on any atom is 0.412 e. The van der Waals surface area contributed by atoms with Crippen molar-refractivity contribution in [2.45, 2.75) is 36.9 Å². The van der Waals surface area contributed by atoms with Gasteiger partial charge in [0, 0.05) is 13.1 Å². The summed E-state index contributed by atoms with van der Waals surface area (Å²) < 4.78 is 44.3. The van der Waals surface area contributed by atoms with Crippen LogP contribution in [0.5, 0.6) is 5.75 Å². The molecule has 2 N–H and O–H groups in total. The Labute approximate surface area is 225 Å². The number of ether oxygens (including phenoxy) is 1. The maximum absolute atomic E-state index is 13.5. The highest BCUT2D eigenvalue weighted by atomic mass is 19.4. The van der Waals surface area contributed by atoms with Crippen LogP contribution in [0.15, 0.2) is 78.9 Å². The number of likely N-dealkylation sites (tertiary alicyclic amines) is 1. The lowest BCUT2D eigenvalue weighted by Crippen LogP contribution is -2.59. The Morgan fingerprint density at radius 3 is 2.08 bits per heavy atom. The van der Waals surface area contributed by atoms with E-state index in [0.717, 1.165) is 35.2 Å². The number of nitrogens with one attached hydrogen (secondary N) is 2. The fraction of sp³-hybridized carbons (Fsp3) is 0.333. The molecule has 39 heavy (non-hydrogen) atoms. The number of hydrogen-bond acceptors (Lipinski definition) is 4.